The first kappa shape index (κ1) is 16.1. The zero-order valence-electron chi connectivity index (χ0n) is 13.9. The molecule has 1 aliphatic heterocycles. The van der Waals surface area contributed by atoms with E-state index in [0.717, 1.165) is 18.4 Å². The fourth-order valence-electron chi connectivity index (χ4n) is 3.67. The molecule has 5 heteroatoms. The standard InChI is InChI=1S/C18H25NO4/c1-21-16-8-7-13(11-17(16)22-2)12-18(20)19-9-10-23-15-6-4-3-5-14(15)19/h7-8,11,14-15H,3-6,9-10,12H2,1-2H3/t14-,15+/m0/s1. The molecular formula is C18H25NO4. The predicted molar refractivity (Wildman–Crippen MR) is 87.0 cm³/mol. The molecule has 1 aliphatic carbocycles. The number of benzene rings is 1. The Hall–Kier alpha value is -1.75. The van der Waals surface area contributed by atoms with Gasteiger partial charge in [-0.3, -0.25) is 4.79 Å². The zero-order chi connectivity index (χ0) is 16.2. The number of fused-ring (bicyclic) bond motifs is 1. The van der Waals surface area contributed by atoms with Gasteiger partial charge in [0.1, 0.15) is 0 Å². The maximum atomic E-state index is 12.8. The molecule has 0 aromatic heterocycles. The molecule has 1 saturated carbocycles. The number of methoxy groups -OCH3 is 2. The minimum absolute atomic E-state index is 0.178. The van der Waals surface area contributed by atoms with Gasteiger partial charge < -0.3 is 19.1 Å². The minimum atomic E-state index is 0.178. The first-order valence-corrected chi connectivity index (χ1v) is 8.35. The Morgan fingerprint density at radius 2 is 2.00 bits per heavy atom. The molecular weight excluding hydrogens is 294 g/mol. The van der Waals surface area contributed by atoms with Crippen LogP contribution in [0, 0.1) is 0 Å². The Morgan fingerprint density at radius 1 is 1.22 bits per heavy atom. The summed E-state index contributed by atoms with van der Waals surface area (Å²) in [5.41, 5.74) is 0.950. The van der Waals surface area contributed by atoms with E-state index in [1.807, 2.05) is 23.1 Å². The molecule has 0 N–H and O–H groups in total. The van der Waals surface area contributed by atoms with Gasteiger partial charge in [-0.05, 0) is 30.5 Å². The molecule has 3 rings (SSSR count). The van der Waals surface area contributed by atoms with Crippen LogP contribution in [0.4, 0.5) is 0 Å². The summed E-state index contributed by atoms with van der Waals surface area (Å²) < 4.78 is 16.4. The maximum Gasteiger partial charge on any atom is 0.227 e. The Labute approximate surface area is 137 Å². The van der Waals surface area contributed by atoms with Gasteiger partial charge in [-0.25, -0.2) is 0 Å². The van der Waals surface area contributed by atoms with E-state index in [4.69, 9.17) is 14.2 Å². The summed E-state index contributed by atoms with van der Waals surface area (Å²) >= 11 is 0. The molecule has 2 atom stereocenters. The topological polar surface area (TPSA) is 48.0 Å². The van der Waals surface area contributed by atoms with Gasteiger partial charge in [-0.15, -0.1) is 0 Å². The number of hydrogen-bond acceptors (Lipinski definition) is 4. The Kier molecular flexibility index (Phi) is 5.06. The third-order valence-corrected chi connectivity index (χ3v) is 4.86. The van der Waals surface area contributed by atoms with Gasteiger partial charge in [0, 0.05) is 6.54 Å². The molecule has 2 aliphatic rings. The van der Waals surface area contributed by atoms with Gasteiger partial charge in [-0.2, -0.15) is 0 Å². The largest absolute Gasteiger partial charge is 0.493 e. The van der Waals surface area contributed by atoms with Crippen LogP contribution in [-0.4, -0.2) is 50.3 Å². The van der Waals surface area contributed by atoms with E-state index in [-0.39, 0.29) is 18.1 Å². The van der Waals surface area contributed by atoms with Gasteiger partial charge in [0.05, 0.1) is 39.4 Å². The zero-order valence-corrected chi connectivity index (χ0v) is 13.9. The number of ether oxygens (including phenoxy) is 3. The van der Waals surface area contributed by atoms with Crippen molar-refractivity contribution in [2.75, 3.05) is 27.4 Å². The number of nitrogens with zero attached hydrogens (tertiary/aromatic N) is 1. The summed E-state index contributed by atoms with van der Waals surface area (Å²) in [5, 5.41) is 0. The molecule has 1 saturated heterocycles. The molecule has 23 heavy (non-hydrogen) atoms. The lowest BCUT2D eigenvalue weighted by molar-refractivity contribution is -0.148. The molecule has 1 aromatic rings. The smallest absolute Gasteiger partial charge is 0.227 e. The summed E-state index contributed by atoms with van der Waals surface area (Å²) in [6.07, 6.45) is 5.15. The fourth-order valence-corrected chi connectivity index (χ4v) is 3.67. The normalized spacial score (nSPS) is 24.0. The van der Waals surface area contributed by atoms with Crippen LogP contribution in [0.5, 0.6) is 11.5 Å². The highest BCUT2D eigenvalue weighted by Crippen LogP contribution is 2.30. The van der Waals surface area contributed by atoms with Crippen molar-refractivity contribution in [1.82, 2.24) is 4.90 Å². The van der Waals surface area contributed by atoms with Crippen molar-refractivity contribution in [2.45, 2.75) is 44.2 Å². The summed E-state index contributed by atoms with van der Waals surface area (Å²) in [6, 6.07) is 5.92. The van der Waals surface area contributed by atoms with E-state index in [2.05, 4.69) is 0 Å². The third kappa shape index (κ3) is 3.44. The lowest BCUT2D eigenvalue weighted by Gasteiger charge is -2.43. The van der Waals surface area contributed by atoms with Crippen molar-refractivity contribution in [3.8, 4) is 11.5 Å². The number of rotatable bonds is 4. The Balaban J connectivity index is 1.70. The van der Waals surface area contributed by atoms with Crippen LogP contribution >= 0.6 is 0 Å². The van der Waals surface area contributed by atoms with E-state index in [1.165, 1.54) is 12.8 Å². The number of morpholine rings is 1. The van der Waals surface area contributed by atoms with Crippen LogP contribution in [0.15, 0.2) is 18.2 Å². The number of carbonyl (C=O) groups is 1. The molecule has 0 radical (unpaired) electrons. The molecule has 5 nitrogen and oxygen atoms in total. The Bertz CT molecular complexity index is 558. The van der Waals surface area contributed by atoms with Gasteiger partial charge in [0.2, 0.25) is 5.91 Å². The van der Waals surface area contributed by atoms with Crippen molar-refractivity contribution in [1.29, 1.82) is 0 Å². The average molecular weight is 319 g/mol. The monoisotopic (exact) mass is 319 g/mol. The van der Waals surface area contributed by atoms with E-state index in [1.54, 1.807) is 14.2 Å². The van der Waals surface area contributed by atoms with Crippen LogP contribution in [0.1, 0.15) is 31.2 Å². The van der Waals surface area contributed by atoms with Crippen LogP contribution in [0.3, 0.4) is 0 Å². The van der Waals surface area contributed by atoms with Crippen LogP contribution in [0.2, 0.25) is 0 Å². The lowest BCUT2D eigenvalue weighted by Crippen LogP contribution is -2.55. The lowest BCUT2D eigenvalue weighted by atomic mass is 9.90. The fraction of sp³-hybridized carbons (Fsp3) is 0.611. The van der Waals surface area contributed by atoms with Gasteiger partial charge in [0.25, 0.3) is 0 Å². The summed E-state index contributed by atoms with van der Waals surface area (Å²) in [5.74, 6) is 1.52. The first-order valence-electron chi connectivity index (χ1n) is 8.35. The van der Waals surface area contributed by atoms with Crippen LogP contribution in [0.25, 0.3) is 0 Å². The van der Waals surface area contributed by atoms with E-state index in [0.29, 0.717) is 31.1 Å². The van der Waals surface area contributed by atoms with Gasteiger partial charge in [0.15, 0.2) is 11.5 Å². The van der Waals surface area contributed by atoms with Crippen LogP contribution < -0.4 is 9.47 Å². The van der Waals surface area contributed by atoms with Crippen molar-refractivity contribution in [2.24, 2.45) is 0 Å². The SMILES string of the molecule is COc1ccc(CC(=O)N2CCO[C@@H]3CCCC[C@@H]32)cc1OC. The van der Waals surface area contributed by atoms with E-state index < -0.39 is 0 Å². The molecule has 1 aromatic carbocycles. The molecule has 2 fully saturated rings. The summed E-state index contributed by atoms with van der Waals surface area (Å²) in [7, 11) is 3.22. The molecule has 0 unspecified atom stereocenters. The van der Waals surface area contributed by atoms with E-state index >= 15 is 0 Å². The first-order chi connectivity index (χ1) is 11.2. The number of hydrogen-bond donors (Lipinski definition) is 0. The predicted octanol–water partition coefficient (Wildman–Crippen LogP) is 2.42. The van der Waals surface area contributed by atoms with Crippen molar-refractivity contribution in [3.05, 3.63) is 23.8 Å². The second kappa shape index (κ2) is 7.21. The summed E-state index contributed by atoms with van der Waals surface area (Å²) in [6.45, 7) is 1.35. The maximum absolute atomic E-state index is 12.8. The van der Waals surface area contributed by atoms with Crippen molar-refractivity contribution >= 4 is 5.91 Å². The molecule has 126 valence electrons. The average Bonchev–Trinajstić information content (AvgIpc) is 2.61. The van der Waals surface area contributed by atoms with Crippen molar-refractivity contribution in [3.63, 3.8) is 0 Å². The quantitative estimate of drug-likeness (QED) is 0.855. The highest BCUT2D eigenvalue weighted by atomic mass is 16.5. The molecule has 1 amide bonds. The second-order valence-electron chi connectivity index (χ2n) is 6.21. The second-order valence-corrected chi connectivity index (χ2v) is 6.21. The molecule has 0 bridgehead atoms. The molecule has 1 heterocycles. The Morgan fingerprint density at radius 3 is 2.78 bits per heavy atom. The van der Waals surface area contributed by atoms with Gasteiger partial charge in [-0.1, -0.05) is 18.9 Å². The highest BCUT2D eigenvalue weighted by molar-refractivity contribution is 5.79. The minimum Gasteiger partial charge on any atom is -0.493 e. The number of carbonyl (C=O) groups excluding carboxylic acids is 1. The molecule has 0 spiro atoms. The van der Waals surface area contributed by atoms with E-state index in [9.17, 15) is 4.79 Å². The highest BCUT2D eigenvalue weighted by Gasteiger charge is 2.36. The van der Waals surface area contributed by atoms with Crippen molar-refractivity contribution < 1.29 is 19.0 Å². The third-order valence-electron chi connectivity index (χ3n) is 4.86. The van der Waals surface area contributed by atoms with Gasteiger partial charge >= 0.3 is 0 Å². The summed E-state index contributed by atoms with van der Waals surface area (Å²) in [4.78, 5) is 14.8. The van der Waals surface area contributed by atoms with Crippen LogP contribution in [-0.2, 0) is 16.0 Å². The number of amides is 1.